The van der Waals surface area contributed by atoms with Crippen molar-refractivity contribution in [3.63, 3.8) is 0 Å². The number of benzene rings is 3. The number of fused-ring (bicyclic) bond motifs is 1. The van der Waals surface area contributed by atoms with Crippen molar-refractivity contribution in [2.45, 2.75) is 19.9 Å². The Labute approximate surface area is 168 Å². The smallest absolute Gasteiger partial charge is 0.246 e. The quantitative estimate of drug-likeness (QED) is 0.486. The van der Waals surface area contributed by atoms with E-state index in [1.165, 1.54) is 5.56 Å². The molecule has 0 spiro atoms. The van der Waals surface area contributed by atoms with Gasteiger partial charge < -0.3 is 5.32 Å². The van der Waals surface area contributed by atoms with Gasteiger partial charge in [0.1, 0.15) is 12.2 Å². The van der Waals surface area contributed by atoms with Gasteiger partial charge in [0.25, 0.3) is 0 Å². The number of halogens is 1. The molecule has 0 atom stereocenters. The molecule has 1 amide bonds. The number of amides is 1. The molecule has 1 N–H and O–H groups in total. The van der Waals surface area contributed by atoms with Gasteiger partial charge in [-0.3, -0.25) is 9.48 Å². The topological polar surface area (TPSA) is 46.9 Å². The summed E-state index contributed by atoms with van der Waals surface area (Å²) in [5.41, 5.74) is 4.70. The number of hydrogen-bond acceptors (Lipinski definition) is 2. The Morgan fingerprint density at radius 2 is 1.79 bits per heavy atom. The van der Waals surface area contributed by atoms with Crippen molar-refractivity contribution in [3.8, 4) is 11.3 Å². The number of anilines is 1. The third kappa shape index (κ3) is 3.78. The van der Waals surface area contributed by atoms with Gasteiger partial charge in [0.15, 0.2) is 0 Å². The van der Waals surface area contributed by atoms with E-state index in [0.717, 1.165) is 34.3 Å². The molecule has 4 rings (SSSR count). The Kier molecular flexibility index (Phi) is 5.13. The predicted molar refractivity (Wildman–Crippen MR) is 115 cm³/mol. The molecule has 0 aliphatic carbocycles. The van der Waals surface area contributed by atoms with Crippen LogP contribution in [0.5, 0.6) is 0 Å². The first-order valence-corrected chi connectivity index (χ1v) is 9.62. The summed E-state index contributed by atoms with van der Waals surface area (Å²) in [4.78, 5) is 12.6. The minimum Gasteiger partial charge on any atom is -0.324 e. The fourth-order valence-corrected chi connectivity index (χ4v) is 3.41. The highest BCUT2D eigenvalue weighted by atomic mass is 35.5. The Hall–Kier alpha value is -3.11. The molecule has 5 heteroatoms. The van der Waals surface area contributed by atoms with Gasteiger partial charge in [-0.25, -0.2) is 0 Å². The van der Waals surface area contributed by atoms with E-state index in [1.807, 2.05) is 72.8 Å². The van der Waals surface area contributed by atoms with Gasteiger partial charge in [-0.1, -0.05) is 61.0 Å². The lowest BCUT2D eigenvalue weighted by molar-refractivity contribution is -0.116. The summed E-state index contributed by atoms with van der Waals surface area (Å²) in [5, 5.41) is 9.22. The zero-order valence-corrected chi connectivity index (χ0v) is 16.3. The highest BCUT2D eigenvalue weighted by Gasteiger charge is 2.15. The van der Waals surface area contributed by atoms with Gasteiger partial charge in [-0.05, 0) is 42.3 Å². The summed E-state index contributed by atoms with van der Waals surface area (Å²) in [6.45, 7) is 2.23. The molecule has 0 saturated heterocycles. The maximum Gasteiger partial charge on any atom is 0.246 e. The van der Waals surface area contributed by atoms with E-state index in [1.54, 1.807) is 4.68 Å². The molecule has 0 fully saturated rings. The summed E-state index contributed by atoms with van der Waals surface area (Å²) in [6.07, 6.45) is 0.971. The van der Waals surface area contributed by atoms with E-state index in [0.29, 0.717) is 5.02 Å². The molecule has 0 aliphatic heterocycles. The van der Waals surface area contributed by atoms with E-state index in [2.05, 4.69) is 12.2 Å². The monoisotopic (exact) mass is 389 g/mol. The molecule has 0 saturated carbocycles. The Balaban J connectivity index is 1.64. The normalized spacial score (nSPS) is 10.9. The lowest BCUT2D eigenvalue weighted by atomic mass is 10.1. The first kappa shape index (κ1) is 18.3. The summed E-state index contributed by atoms with van der Waals surface area (Å²) >= 11 is 6.21. The number of aromatic nitrogens is 2. The highest BCUT2D eigenvalue weighted by molar-refractivity contribution is 6.31. The van der Waals surface area contributed by atoms with Crippen molar-refractivity contribution in [3.05, 3.63) is 83.4 Å². The lowest BCUT2D eigenvalue weighted by Gasteiger charge is -2.07. The van der Waals surface area contributed by atoms with E-state index in [9.17, 15) is 4.79 Å². The lowest BCUT2D eigenvalue weighted by Crippen LogP contribution is -2.19. The average molecular weight is 390 g/mol. The maximum atomic E-state index is 12.6. The molecule has 0 unspecified atom stereocenters. The van der Waals surface area contributed by atoms with Gasteiger partial charge in [0, 0.05) is 21.7 Å². The van der Waals surface area contributed by atoms with E-state index < -0.39 is 0 Å². The molecule has 0 aliphatic rings. The maximum absolute atomic E-state index is 12.6. The molecule has 1 aromatic heterocycles. The minimum atomic E-state index is -0.122. The van der Waals surface area contributed by atoms with Crippen LogP contribution in [0.2, 0.25) is 5.02 Å². The van der Waals surface area contributed by atoms with E-state index in [-0.39, 0.29) is 12.5 Å². The second-order valence-corrected chi connectivity index (χ2v) is 7.07. The number of nitrogens with zero attached hydrogens (tertiary/aromatic N) is 2. The highest BCUT2D eigenvalue weighted by Crippen LogP contribution is 2.30. The van der Waals surface area contributed by atoms with Crippen LogP contribution >= 0.6 is 11.6 Å². The third-order valence-electron chi connectivity index (χ3n) is 4.70. The van der Waals surface area contributed by atoms with Crippen molar-refractivity contribution < 1.29 is 4.79 Å². The van der Waals surface area contributed by atoms with Crippen molar-refractivity contribution >= 4 is 34.1 Å². The van der Waals surface area contributed by atoms with Crippen LogP contribution in [0.3, 0.4) is 0 Å². The molecule has 1 heterocycles. The van der Waals surface area contributed by atoms with Crippen LogP contribution in [-0.4, -0.2) is 15.7 Å². The van der Waals surface area contributed by atoms with E-state index in [4.69, 9.17) is 16.7 Å². The Morgan fingerprint density at radius 1 is 1.04 bits per heavy atom. The fraction of sp³-hybridized carbons (Fsp3) is 0.130. The number of carbonyl (C=O) groups excluding carboxylic acids is 1. The molecular formula is C23H20ClN3O. The average Bonchev–Trinajstić information content (AvgIpc) is 3.06. The van der Waals surface area contributed by atoms with Gasteiger partial charge in [0.05, 0.1) is 5.52 Å². The van der Waals surface area contributed by atoms with E-state index >= 15 is 0 Å². The first-order valence-electron chi connectivity index (χ1n) is 9.24. The van der Waals surface area contributed by atoms with Crippen LogP contribution in [-0.2, 0) is 17.8 Å². The van der Waals surface area contributed by atoms with Gasteiger partial charge in [-0.2, -0.15) is 5.10 Å². The molecule has 0 bridgehead atoms. The van der Waals surface area contributed by atoms with Crippen LogP contribution < -0.4 is 5.32 Å². The summed E-state index contributed by atoms with van der Waals surface area (Å²) < 4.78 is 1.73. The van der Waals surface area contributed by atoms with Gasteiger partial charge in [0.2, 0.25) is 5.91 Å². The number of carbonyl (C=O) groups is 1. The van der Waals surface area contributed by atoms with Gasteiger partial charge in [-0.15, -0.1) is 0 Å². The summed E-state index contributed by atoms with van der Waals surface area (Å²) in [6, 6.07) is 23.4. The predicted octanol–water partition coefficient (Wildman–Crippen LogP) is 5.56. The third-order valence-corrected chi connectivity index (χ3v) is 4.93. The second kappa shape index (κ2) is 7.87. The molecule has 28 heavy (non-hydrogen) atoms. The zero-order chi connectivity index (χ0) is 19.5. The molecule has 3 aromatic carbocycles. The summed E-state index contributed by atoms with van der Waals surface area (Å²) in [7, 11) is 0. The minimum absolute atomic E-state index is 0.122. The Morgan fingerprint density at radius 3 is 2.50 bits per heavy atom. The first-order chi connectivity index (χ1) is 13.6. The Bertz CT molecular complexity index is 1120. The second-order valence-electron chi connectivity index (χ2n) is 6.63. The molecule has 4 nitrogen and oxygen atoms in total. The summed E-state index contributed by atoms with van der Waals surface area (Å²) in [5.74, 6) is -0.122. The largest absolute Gasteiger partial charge is 0.324 e. The molecule has 140 valence electrons. The van der Waals surface area contributed by atoms with Crippen LogP contribution in [0.15, 0.2) is 72.8 Å². The number of aryl methyl sites for hydroxylation is 1. The van der Waals surface area contributed by atoms with Crippen LogP contribution in [0.4, 0.5) is 5.69 Å². The number of hydrogen-bond donors (Lipinski definition) is 1. The molecule has 0 radical (unpaired) electrons. The van der Waals surface area contributed by atoms with Crippen LogP contribution in [0.25, 0.3) is 22.2 Å². The van der Waals surface area contributed by atoms with Crippen molar-refractivity contribution in [1.82, 2.24) is 9.78 Å². The zero-order valence-electron chi connectivity index (χ0n) is 15.5. The standard InChI is InChI=1S/C23H20ClN3O/c1-2-16-8-11-19(12-9-16)25-22(28)15-27-21-13-10-18(24)14-20(21)23(26-27)17-6-4-3-5-7-17/h3-14H,2,15H2,1H3,(H,25,28). The van der Waals surface area contributed by atoms with Crippen molar-refractivity contribution in [1.29, 1.82) is 0 Å². The van der Waals surface area contributed by atoms with Crippen molar-refractivity contribution in [2.75, 3.05) is 5.32 Å². The molecular weight excluding hydrogens is 370 g/mol. The number of nitrogens with one attached hydrogen (secondary N) is 1. The molecule has 4 aromatic rings. The fourth-order valence-electron chi connectivity index (χ4n) is 3.24. The van der Waals surface area contributed by atoms with Crippen molar-refractivity contribution in [2.24, 2.45) is 0 Å². The van der Waals surface area contributed by atoms with Crippen LogP contribution in [0, 0.1) is 0 Å². The van der Waals surface area contributed by atoms with Gasteiger partial charge >= 0.3 is 0 Å². The SMILES string of the molecule is CCc1ccc(NC(=O)Cn2nc(-c3ccccc3)c3cc(Cl)ccc32)cc1. The van der Waals surface area contributed by atoms with Crippen LogP contribution in [0.1, 0.15) is 12.5 Å². The number of rotatable bonds is 5.